The third kappa shape index (κ3) is 2.27. The number of nitrogens with two attached hydrogens (primary N) is 2. The number of hydrogen-bond acceptors (Lipinski definition) is 3. The Bertz CT molecular complexity index is 110. The molecule has 0 rings (SSSR count). The summed E-state index contributed by atoms with van der Waals surface area (Å²) in [6.45, 7) is 9.57. The Morgan fingerprint density at radius 3 is 1.80 bits per heavy atom. The molecule has 0 aliphatic carbocycles. The van der Waals surface area contributed by atoms with Gasteiger partial charge in [-0.25, -0.2) is 0 Å². The summed E-state index contributed by atoms with van der Waals surface area (Å²) in [6.07, 6.45) is -0.0579. The van der Waals surface area contributed by atoms with Gasteiger partial charge >= 0.3 is 0 Å². The molecule has 0 fully saturated rings. The van der Waals surface area contributed by atoms with Crippen LogP contribution in [0.15, 0.2) is 12.4 Å². The van der Waals surface area contributed by atoms with E-state index in [1.165, 1.54) is 0 Å². The minimum atomic E-state index is -0.0579. The van der Waals surface area contributed by atoms with Crippen molar-refractivity contribution in [2.75, 3.05) is 0 Å². The van der Waals surface area contributed by atoms with Gasteiger partial charge in [-0.1, -0.05) is 6.58 Å². The standard InChI is InChI=1S/C7H17N3/c1-5(2)10(6(3)8)7(4)9/h5,7H,3,8-9H2,1-2,4H3. The van der Waals surface area contributed by atoms with Gasteiger partial charge in [0, 0.05) is 6.04 Å². The van der Waals surface area contributed by atoms with Crippen LogP contribution in [0.25, 0.3) is 0 Å². The van der Waals surface area contributed by atoms with E-state index in [0.717, 1.165) is 0 Å². The number of hydrogen-bond donors (Lipinski definition) is 2. The highest BCUT2D eigenvalue weighted by molar-refractivity contribution is 4.90. The molecule has 0 aliphatic rings. The van der Waals surface area contributed by atoms with E-state index in [9.17, 15) is 0 Å². The second-order valence-corrected chi connectivity index (χ2v) is 2.73. The van der Waals surface area contributed by atoms with Gasteiger partial charge in [0.1, 0.15) is 0 Å². The van der Waals surface area contributed by atoms with Crippen LogP contribution in [0, 0.1) is 0 Å². The van der Waals surface area contributed by atoms with Crippen molar-refractivity contribution in [2.24, 2.45) is 11.5 Å². The molecule has 3 nitrogen and oxygen atoms in total. The normalized spacial score (nSPS) is 13.3. The highest BCUT2D eigenvalue weighted by atomic mass is 15.3. The van der Waals surface area contributed by atoms with Crippen LogP contribution in [0.5, 0.6) is 0 Å². The molecule has 1 atom stereocenters. The van der Waals surface area contributed by atoms with Crippen LogP contribution in [-0.4, -0.2) is 17.1 Å². The Hall–Kier alpha value is -0.700. The van der Waals surface area contributed by atoms with Crippen molar-refractivity contribution in [3.05, 3.63) is 12.4 Å². The van der Waals surface area contributed by atoms with Crippen LogP contribution in [0.1, 0.15) is 20.8 Å². The average Bonchev–Trinajstić information content (AvgIpc) is 1.59. The summed E-state index contributed by atoms with van der Waals surface area (Å²) in [7, 11) is 0. The van der Waals surface area contributed by atoms with Crippen molar-refractivity contribution in [3.8, 4) is 0 Å². The fourth-order valence-electron chi connectivity index (χ4n) is 1.06. The van der Waals surface area contributed by atoms with Gasteiger partial charge in [-0.15, -0.1) is 0 Å². The van der Waals surface area contributed by atoms with E-state index < -0.39 is 0 Å². The zero-order valence-electron chi connectivity index (χ0n) is 6.96. The molecule has 1 unspecified atom stereocenters. The highest BCUT2D eigenvalue weighted by Crippen LogP contribution is 2.04. The maximum absolute atomic E-state index is 5.62. The first-order valence-corrected chi connectivity index (χ1v) is 3.45. The Labute approximate surface area is 62.7 Å². The molecule has 0 bridgehead atoms. The summed E-state index contributed by atoms with van der Waals surface area (Å²) in [5.41, 5.74) is 11.1. The molecule has 0 amide bonds. The molecular formula is C7H17N3. The van der Waals surface area contributed by atoms with Crippen LogP contribution in [0.4, 0.5) is 0 Å². The molecule has 60 valence electrons. The molecule has 0 heterocycles. The minimum Gasteiger partial charge on any atom is -0.386 e. The second kappa shape index (κ2) is 3.46. The van der Waals surface area contributed by atoms with E-state index in [4.69, 9.17) is 11.5 Å². The maximum atomic E-state index is 5.62. The molecule has 0 saturated heterocycles. The lowest BCUT2D eigenvalue weighted by Gasteiger charge is -2.31. The monoisotopic (exact) mass is 143 g/mol. The summed E-state index contributed by atoms with van der Waals surface area (Å²) in [6, 6.07) is 0.317. The Balaban J connectivity index is 4.12. The summed E-state index contributed by atoms with van der Waals surface area (Å²) >= 11 is 0. The molecule has 3 heteroatoms. The molecule has 0 aromatic rings. The fraction of sp³-hybridized carbons (Fsp3) is 0.714. The van der Waals surface area contributed by atoms with Crippen LogP contribution < -0.4 is 11.5 Å². The average molecular weight is 143 g/mol. The van der Waals surface area contributed by atoms with Crippen LogP contribution in [0.3, 0.4) is 0 Å². The smallest absolute Gasteiger partial charge is 0.0927 e. The van der Waals surface area contributed by atoms with E-state index in [0.29, 0.717) is 11.9 Å². The van der Waals surface area contributed by atoms with Gasteiger partial charge in [-0.3, -0.25) is 0 Å². The largest absolute Gasteiger partial charge is 0.386 e. The summed E-state index contributed by atoms with van der Waals surface area (Å²) in [4.78, 5) is 1.86. The quantitative estimate of drug-likeness (QED) is 0.563. The third-order valence-electron chi connectivity index (χ3n) is 1.33. The molecule has 0 aliphatic heterocycles. The van der Waals surface area contributed by atoms with Gasteiger partial charge in [-0.05, 0) is 20.8 Å². The first-order chi connectivity index (χ1) is 4.46. The molecule has 0 aromatic carbocycles. The first kappa shape index (κ1) is 9.30. The van der Waals surface area contributed by atoms with E-state index in [1.54, 1.807) is 0 Å². The second-order valence-electron chi connectivity index (χ2n) is 2.73. The molecule has 0 saturated carbocycles. The van der Waals surface area contributed by atoms with Crippen molar-refractivity contribution >= 4 is 0 Å². The van der Waals surface area contributed by atoms with Crippen molar-refractivity contribution in [1.82, 2.24) is 4.90 Å². The van der Waals surface area contributed by atoms with E-state index >= 15 is 0 Å². The number of rotatable bonds is 3. The lowest BCUT2D eigenvalue weighted by atomic mass is 10.3. The summed E-state index contributed by atoms with van der Waals surface area (Å²) in [5, 5.41) is 0. The highest BCUT2D eigenvalue weighted by Gasteiger charge is 2.12. The molecule has 0 spiro atoms. The molecule has 4 N–H and O–H groups in total. The zero-order chi connectivity index (χ0) is 8.31. The Morgan fingerprint density at radius 1 is 1.40 bits per heavy atom. The molecule has 0 radical (unpaired) electrons. The summed E-state index contributed by atoms with van der Waals surface area (Å²) < 4.78 is 0. The molecule has 0 aromatic heterocycles. The molecule has 10 heavy (non-hydrogen) atoms. The van der Waals surface area contributed by atoms with Gasteiger partial charge in [0.05, 0.1) is 12.0 Å². The topological polar surface area (TPSA) is 55.3 Å². The number of nitrogens with zero attached hydrogens (tertiary/aromatic N) is 1. The minimum absolute atomic E-state index is 0.0579. The third-order valence-corrected chi connectivity index (χ3v) is 1.33. The van der Waals surface area contributed by atoms with E-state index in [2.05, 4.69) is 6.58 Å². The SMILES string of the molecule is C=C(N)N(C(C)C)C(C)N. The first-order valence-electron chi connectivity index (χ1n) is 3.45. The van der Waals surface area contributed by atoms with Crippen LogP contribution in [-0.2, 0) is 0 Å². The van der Waals surface area contributed by atoms with Crippen molar-refractivity contribution in [3.63, 3.8) is 0 Å². The van der Waals surface area contributed by atoms with Gasteiger partial charge in [0.15, 0.2) is 0 Å². The van der Waals surface area contributed by atoms with Gasteiger partial charge in [-0.2, -0.15) is 0 Å². The van der Waals surface area contributed by atoms with E-state index in [-0.39, 0.29) is 6.17 Å². The maximum Gasteiger partial charge on any atom is 0.0927 e. The van der Waals surface area contributed by atoms with Crippen molar-refractivity contribution in [2.45, 2.75) is 33.0 Å². The predicted octanol–water partition coefficient (Wildman–Crippen LogP) is 0.431. The van der Waals surface area contributed by atoms with Crippen molar-refractivity contribution < 1.29 is 0 Å². The lowest BCUT2D eigenvalue weighted by molar-refractivity contribution is 0.221. The van der Waals surface area contributed by atoms with E-state index in [1.807, 2.05) is 25.7 Å². The Kier molecular flexibility index (Phi) is 3.22. The zero-order valence-corrected chi connectivity index (χ0v) is 6.96. The molecular weight excluding hydrogens is 126 g/mol. The Morgan fingerprint density at radius 2 is 1.80 bits per heavy atom. The predicted molar refractivity (Wildman–Crippen MR) is 44.0 cm³/mol. The van der Waals surface area contributed by atoms with Crippen LogP contribution in [0.2, 0.25) is 0 Å². The lowest BCUT2D eigenvalue weighted by Crippen LogP contribution is -2.45. The van der Waals surface area contributed by atoms with Gasteiger partial charge in [0.25, 0.3) is 0 Å². The van der Waals surface area contributed by atoms with Crippen LogP contribution >= 0.6 is 0 Å². The van der Waals surface area contributed by atoms with Crippen molar-refractivity contribution in [1.29, 1.82) is 0 Å². The van der Waals surface area contributed by atoms with Gasteiger partial charge in [0.2, 0.25) is 0 Å². The fourth-order valence-corrected chi connectivity index (χ4v) is 1.06. The summed E-state index contributed by atoms with van der Waals surface area (Å²) in [5.74, 6) is 0.532. The van der Waals surface area contributed by atoms with Gasteiger partial charge < -0.3 is 16.4 Å².